The summed E-state index contributed by atoms with van der Waals surface area (Å²) in [6.07, 6.45) is 1.56. The van der Waals surface area contributed by atoms with Crippen molar-refractivity contribution in [3.05, 3.63) is 69.6 Å². The van der Waals surface area contributed by atoms with E-state index in [-0.39, 0.29) is 16.2 Å². The summed E-state index contributed by atoms with van der Waals surface area (Å²) in [5, 5.41) is 1.87. The van der Waals surface area contributed by atoms with E-state index in [9.17, 15) is 14.4 Å². The molecular formula is C25H24N2O3S. The summed E-state index contributed by atoms with van der Waals surface area (Å²) in [4.78, 5) is 40.2. The Morgan fingerprint density at radius 3 is 2.39 bits per heavy atom. The van der Waals surface area contributed by atoms with Crippen molar-refractivity contribution in [3.63, 3.8) is 0 Å². The number of hydrogen-bond acceptors (Lipinski definition) is 4. The van der Waals surface area contributed by atoms with Crippen LogP contribution in [0.25, 0.3) is 5.57 Å². The number of hydrogen-bond donors (Lipinski definition) is 1. The molecule has 0 spiro atoms. The zero-order chi connectivity index (χ0) is 22.1. The molecule has 0 bridgehead atoms. The molecule has 2 aromatic rings. The second kappa shape index (κ2) is 6.57. The van der Waals surface area contributed by atoms with Crippen molar-refractivity contribution in [2.45, 2.75) is 51.5 Å². The van der Waals surface area contributed by atoms with Gasteiger partial charge in [0.25, 0.3) is 17.1 Å². The second-order valence-corrected chi connectivity index (χ2v) is 10.3. The standard InChI is InChI=1S/C25H24N2O3S/c1-5-14-11-16-18(20-21(28)26-23(30)31-20)22(29)27-19(16)17(12-14)25(4,13-24(27,2)3)15-9-7-6-8-10-15/h6-12H,5,13H2,1-4H3,(H,26,28,30)/b20-18+. The van der Waals surface area contributed by atoms with Gasteiger partial charge in [0.15, 0.2) is 0 Å². The summed E-state index contributed by atoms with van der Waals surface area (Å²) in [7, 11) is 0. The second-order valence-electron chi connectivity index (χ2n) is 9.27. The maximum Gasteiger partial charge on any atom is 0.290 e. The Morgan fingerprint density at radius 2 is 1.77 bits per heavy atom. The predicted molar refractivity (Wildman–Crippen MR) is 123 cm³/mol. The zero-order valence-corrected chi connectivity index (χ0v) is 18.9. The summed E-state index contributed by atoms with van der Waals surface area (Å²) in [6, 6.07) is 14.6. The Hall–Kier alpha value is -2.86. The van der Waals surface area contributed by atoms with Crippen LogP contribution >= 0.6 is 11.8 Å². The molecule has 0 radical (unpaired) electrons. The van der Waals surface area contributed by atoms with Gasteiger partial charge >= 0.3 is 0 Å². The van der Waals surface area contributed by atoms with Crippen molar-refractivity contribution in [3.8, 4) is 0 Å². The molecule has 1 fully saturated rings. The number of nitrogens with one attached hydrogen (secondary N) is 1. The minimum atomic E-state index is -0.488. The van der Waals surface area contributed by atoms with E-state index in [2.05, 4.69) is 51.2 Å². The first-order valence-corrected chi connectivity index (χ1v) is 11.3. The highest BCUT2D eigenvalue weighted by atomic mass is 32.2. The molecule has 31 heavy (non-hydrogen) atoms. The molecule has 0 saturated carbocycles. The normalized spacial score (nSPS) is 26.3. The van der Waals surface area contributed by atoms with Gasteiger partial charge in [-0.2, -0.15) is 0 Å². The molecular weight excluding hydrogens is 408 g/mol. The van der Waals surface area contributed by atoms with Gasteiger partial charge in [-0.15, -0.1) is 0 Å². The smallest absolute Gasteiger partial charge is 0.290 e. The third-order valence-electron chi connectivity index (χ3n) is 6.73. The molecule has 1 atom stereocenters. The Bertz CT molecular complexity index is 1200. The molecule has 2 aromatic carbocycles. The first-order valence-electron chi connectivity index (χ1n) is 10.5. The zero-order valence-electron chi connectivity index (χ0n) is 18.0. The molecule has 0 aliphatic carbocycles. The maximum atomic E-state index is 13.7. The van der Waals surface area contributed by atoms with Crippen molar-refractivity contribution in [2.75, 3.05) is 4.90 Å². The van der Waals surface area contributed by atoms with Gasteiger partial charge in [0, 0.05) is 16.5 Å². The van der Waals surface area contributed by atoms with Gasteiger partial charge in [0.05, 0.1) is 16.2 Å². The number of carbonyl (C=O) groups is 3. The van der Waals surface area contributed by atoms with E-state index in [1.54, 1.807) is 0 Å². The van der Waals surface area contributed by atoms with E-state index < -0.39 is 16.7 Å². The van der Waals surface area contributed by atoms with E-state index in [4.69, 9.17) is 0 Å². The van der Waals surface area contributed by atoms with Crippen LogP contribution in [-0.2, 0) is 21.4 Å². The lowest BCUT2D eigenvalue weighted by molar-refractivity contribution is -0.116. The van der Waals surface area contributed by atoms with Crippen LogP contribution in [0.5, 0.6) is 0 Å². The third kappa shape index (κ3) is 2.74. The number of aryl methyl sites for hydroxylation is 1. The van der Waals surface area contributed by atoms with Gasteiger partial charge < -0.3 is 4.90 Å². The maximum absolute atomic E-state index is 13.7. The van der Waals surface area contributed by atoms with E-state index in [1.807, 2.05) is 29.2 Å². The number of benzene rings is 2. The number of rotatable bonds is 2. The molecule has 1 saturated heterocycles. The Labute approximate surface area is 185 Å². The molecule has 158 valence electrons. The largest absolute Gasteiger partial charge is 0.302 e. The van der Waals surface area contributed by atoms with E-state index in [0.717, 1.165) is 47.0 Å². The average Bonchev–Trinajstić information content (AvgIpc) is 3.21. The fourth-order valence-electron chi connectivity index (χ4n) is 5.46. The molecule has 3 amide bonds. The highest BCUT2D eigenvalue weighted by Gasteiger charge is 2.54. The number of thioether (sulfide) groups is 1. The van der Waals surface area contributed by atoms with Crippen LogP contribution in [0.1, 0.15) is 56.4 Å². The lowest BCUT2D eigenvalue weighted by Gasteiger charge is -2.50. The SMILES string of the molecule is CCc1cc2c3c(c1)C(C)(c1ccccc1)CC(C)(C)N3C(=O)/C2=C1/SC(=O)NC1=O. The highest BCUT2D eigenvalue weighted by Crippen LogP contribution is 2.57. The first-order chi connectivity index (χ1) is 14.7. The monoisotopic (exact) mass is 432 g/mol. The number of nitrogens with zero attached hydrogens (tertiary/aromatic N) is 1. The van der Waals surface area contributed by atoms with Crippen LogP contribution in [0.3, 0.4) is 0 Å². The first kappa shape index (κ1) is 20.1. The molecule has 5 rings (SSSR count). The minimum Gasteiger partial charge on any atom is -0.302 e. The molecule has 5 nitrogen and oxygen atoms in total. The molecule has 0 aromatic heterocycles. The topological polar surface area (TPSA) is 66.5 Å². The van der Waals surface area contributed by atoms with Gasteiger partial charge in [-0.25, -0.2) is 0 Å². The third-order valence-corrected chi connectivity index (χ3v) is 7.61. The number of anilines is 1. The van der Waals surface area contributed by atoms with Gasteiger partial charge in [-0.3, -0.25) is 19.7 Å². The summed E-state index contributed by atoms with van der Waals surface area (Å²) in [5.74, 6) is -0.686. The number of imide groups is 1. The number of carbonyl (C=O) groups excluding carboxylic acids is 3. The van der Waals surface area contributed by atoms with Crippen LogP contribution in [0.2, 0.25) is 0 Å². The van der Waals surface area contributed by atoms with Crippen LogP contribution in [0.4, 0.5) is 10.5 Å². The molecule has 3 aliphatic rings. The van der Waals surface area contributed by atoms with Crippen LogP contribution in [0, 0.1) is 0 Å². The van der Waals surface area contributed by atoms with Crippen molar-refractivity contribution in [2.24, 2.45) is 0 Å². The van der Waals surface area contributed by atoms with Crippen LogP contribution in [0.15, 0.2) is 47.4 Å². The van der Waals surface area contributed by atoms with Gasteiger partial charge in [-0.05, 0) is 61.2 Å². The molecule has 1 N–H and O–H groups in total. The lowest BCUT2D eigenvalue weighted by atomic mass is 9.65. The summed E-state index contributed by atoms with van der Waals surface area (Å²) >= 11 is 0.819. The lowest BCUT2D eigenvalue weighted by Crippen LogP contribution is -2.54. The van der Waals surface area contributed by atoms with Gasteiger partial charge in [0.2, 0.25) is 0 Å². The summed E-state index contributed by atoms with van der Waals surface area (Å²) < 4.78 is 0. The summed E-state index contributed by atoms with van der Waals surface area (Å²) in [6.45, 7) is 8.48. The Morgan fingerprint density at radius 1 is 1.06 bits per heavy atom. The average molecular weight is 433 g/mol. The van der Waals surface area contributed by atoms with Gasteiger partial charge in [-0.1, -0.05) is 50.2 Å². The Balaban J connectivity index is 1.87. The molecule has 6 heteroatoms. The van der Waals surface area contributed by atoms with E-state index >= 15 is 0 Å². The Kier molecular flexibility index (Phi) is 4.25. The quantitative estimate of drug-likeness (QED) is 0.694. The fraction of sp³-hybridized carbons (Fsp3) is 0.320. The van der Waals surface area contributed by atoms with Crippen molar-refractivity contribution < 1.29 is 14.4 Å². The number of amides is 3. The van der Waals surface area contributed by atoms with Crippen molar-refractivity contribution in [1.29, 1.82) is 0 Å². The van der Waals surface area contributed by atoms with E-state index in [1.165, 1.54) is 5.56 Å². The molecule has 3 heterocycles. The summed E-state index contributed by atoms with van der Waals surface area (Å²) in [5.41, 5.74) is 4.65. The fourth-order valence-corrected chi connectivity index (χ4v) is 6.23. The van der Waals surface area contributed by atoms with Crippen LogP contribution in [-0.4, -0.2) is 22.6 Å². The van der Waals surface area contributed by atoms with Gasteiger partial charge in [0.1, 0.15) is 0 Å². The predicted octanol–water partition coefficient (Wildman–Crippen LogP) is 4.78. The highest BCUT2D eigenvalue weighted by molar-refractivity contribution is 8.18. The van der Waals surface area contributed by atoms with Crippen LogP contribution < -0.4 is 10.2 Å². The van der Waals surface area contributed by atoms with Crippen molar-refractivity contribution >= 4 is 40.1 Å². The van der Waals surface area contributed by atoms with Crippen molar-refractivity contribution in [1.82, 2.24) is 5.32 Å². The van der Waals surface area contributed by atoms with E-state index in [0.29, 0.717) is 5.57 Å². The molecule has 1 unspecified atom stereocenters. The minimum absolute atomic E-state index is 0.197. The molecule has 3 aliphatic heterocycles.